The molecule has 0 fully saturated rings. The standard InChI is InChI=1S/C20H13ClN2O2S/c21-15-10-8-14(9-11-15)18-17(13-5-2-1-3-6-13)22-20(26-18)23-19(24)16-7-4-12-25-16/h1-12H,(H,22,23,24). The van der Waals surface area contributed by atoms with E-state index < -0.39 is 0 Å². The average Bonchev–Trinajstić information content (AvgIpc) is 3.33. The summed E-state index contributed by atoms with van der Waals surface area (Å²) in [6, 6.07) is 20.7. The lowest BCUT2D eigenvalue weighted by Crippen LogP contribution is -2.10. The van der Waals surface area contributed by atoms with Crippen LogP contribution in [0.25, 0.3) is 21.7 Å². The van der Waals surface area contributed by atoms with Crippen LogP contribution in [0.2, 0.25) is 5.02 Å². The zero-order valence-corrected chi connectivity index (χ0v) is 15.1. The number of carbonyl (C=O) groups excluding carboxylic acids is 1. The van der Waals surface area contributed by atoms with E-state index in [4.69, 9.17) is 16.0 Å². The molecule has 6 heteroatoms. The minimum absolute atomic E-state index is 0.245. The first-order chi connectivity index (χ1) is 12.7. The first-order valence-corrected chi connectivity index (χ1v) is 9.07. The number of carbonyl (C=O) groups is 1. The number of nitrogens with zero attached hydrogens (tertiary/aromatic N) is 1. The molecule has 2 aromatic carbocycles. The molecular weight excluding hydrogens is 368 g/mol. The van der Waals surface area contributed by atoms with E-state index in [9.17, 15) is 4.79 Å². The molecule has 0 saturated carbocycles. The molecule has 128 valence electrons. The van der Waals surface area contributed by atoms with Gasteiger partial charge in [-0.25, -0.2) is 4.98 Å². The van der Waals surface area contributed by atoms with Gasteiger partial charge < -0.3 is 4.42 Å². The summed E-state index contributed by atoms with van der Waals surface area (Å²) in [7, 11) is 0. The lowest BCUT2D eigenvalue weighted by molar-refractivity contribution is 0.0996. The van der Waals surface area contributed by atoms with E-state index in [0.717, 1.165) is 21.7 Å². The number of hydrogen-bond donors (Lipinski definition) is 1. The van der Waals surface area contributed by atoms with E-state index in [2.05, 4.69) is 10.3 Å². The van der Waals surface area contributed by atoms with Crippen LogP contribution in [-0.4, -0.2) is 10.9 Å². The van der Waals surface area contributed by atoms with Crippen LogP contribution < -0.4 is 5.32 Å². The second kappa shape index (κ2) is 7.15. The SMILES string of the molecule is O=C(Nc1nc(-c2ccccc2)c(-c2ccc(Cl)cc2)s1)c1ccco1. The Morgan fingerprint density at radius 1 is 0.962 bits per heavy atom. The number of rotatable bonds is 4. The Morgan fingerprint density at radius 3 is 2.42 bits per heavy atom. The van der Waals surface area contributed by atoms with Gasteiger partial charge in [0, 0.05) is 10.6 Å². The number of amides is 1. The number of benzene rings is 2. The third kappa shape index (κ3) is 3.40. The molecule has 0 aliphatic carbocycles. The average molecular weight is 381 g/mol. The first kappa shape index (κ1) is 16.6. The molecule has 0 aliphatic heterocycles. The van der Waals surface area contributed by atoms with Crippen molar-refractivity contribution in [1.82, 2.24) is 4.98 Å². The van der Waals surface area contributed by atoms with E-state index >= 15 is 0 Å². The van der Waals surface area contributed by atoms with Crippen molar-refractivity contribution in [3.05, 3.63) is 83.8 Å². The zero-order valence-electron chi connectivity index (χ0n) is 13.5. The Kier molecular flexibility index (Phi) is 4.56. The number of hydrogen-bond acceptors (Lipinski definition) is 4. The maximum atomic E-state index is 12.3. The van der Waals surface area contributed by atoms with Crippen LogP contribution >= 0.6 is 22.9 Å². The van der Waals surface area contributed by atoms with Crippen molar-refractivity contribution in [3.8, 4) is 21.7 Å². The van der Waals surface area contributed by atoms with E-state index in [-0.39, 0.29) is 11.7 Å². The quantitative estimate of drug-likeness (QED) is 0.474. The summed E-state index contributed by atoms with van der Waals surface area (Å²) in [5.74, 6) is -0.0829. The fourth-order valence-corrected chi connectivity index (χ4v) is 3.64. The van der Waals surface area contributed by atoms with Gasteiger partial charge in [0.25, 0.3) is 5.91 Å². The van der Waals surface area contributed by atoms with Gasteiger partial charge in [-0.3, -0.25) is 10.1 Å². The Labute approximate surface area is 159 Å². The second-order valence-corrected chi connectivity index (χ2v) is 6.94. The summed E-state index contributed by atoms with van der Waals surface area (Å²) in [5, 5.41) is 3.99. The Hall–Kier alpha value is -2.89. The zero-order chi connectivity index (χ0) is 17.9. The molecule has 0 atom stereocenters. The monoisotopic (exact) mass is 380 g/mol. The molecule has 1 amide bonds. The van der Waals surface area contributed by atoms with Crippen molar-refractivity contribution in [3.63, 3.8) is 0 Å². The van der Waals surface area contributed by atoms with Gasteiger partial charge in [0.1, 0.15) is 0 Å². The number of nitrogens with one attached hydrogen (secondary N) is 1. The fourth-order valence-electron chi connectivity index (χ4n) is 2.53. The van der Waals surface area contributed by atoms with Gasteiger partial charge in [-0.05, 0) is 29.8 Å². The van der Waals surface area contributed by atoms with Crippen LogP contribution in [0, 0.1) is 0 Å². The van der Waals surface area contributed by atoms with Crippen molar-refractivity contribution in [2.45, 2.75) is 0 Å². The Morgan fingerprint density at radius 2 is 1.73 bits per heavy atom. The molecule has 26 heavy (non-hydrogen) atoms. The van der Waals surface area contributed by atoms with Gasteiger partial charge >= 0.3 is 0 Å². The fraction of sp³-hybridized carbons (Fsp3) is 0. The Bertz CT molecular complexity index is 1030. The van der Waals surface area contributed by atoms with Crippen LogP contribution in [0.15, 0.2) is 77.4 Å². The third-order valence-corrected chi connectivity index (χ3v) is 5.02. The van der Waals surface area contributed by atoms with Gasteiger partial charge in [-0.1, -0.05) is 65.4 Å². The molecule has 0 unspecified atom stereocenters. The molecule has 0 spiro atoms. The van der Waals surface area contributed by atoms with Crippen molar-refractivity contribution >= 4 is 34.0 Å². The van der Waals surface area contributed by atoms with Crippen LogP contribution in [0.5, 0.6) is 0 Å². The Balaban J connectivity index is 1.75. The first-order valence-electron chi connectivity index (χ1n) is 7.88. The largest absolute Gasteiger partial charge is 0.459 e. The van der Waals surface area contributed by atoms with Gasteiger partial charge in [-0.15, -0.1) is 0 Å². The molecule has 0 bridgehead atoms. The molecule has 0 saturated heterocycles. The lowest BCUT2D eigenvalue weighted by atomic mass is 10.1. The highest BCUT2D eigenvalue weighted by molar-refractivity contribution is 7.19. The topological polar surface area (TPSA) is 55.1 Å². The summed E-state index contributed by atoms with van der Waals surface area (Å²) in [6.07, 6.45) is 1.46. The second-order valence-electron chi connectivity index (χ2n) is 5.50. The van der Waals surface area contributed by atoms with Gasteiger partial charge in [0.05, 0.1) is 16.8 Å². The highest BCUT2D eigenvalue weighted by Gasteiger charge is 2.17. The van der Waals surface area contributed by atoms with Gasteiger partial charge in [0.2, 0.25) is 0 Å². The van der Waals surface area contributed by atoms with Crippen molar-refractivity contribution in [1.29, 1.82) is 0 Å². The summed E-state index contributed by atoms with van der Waals surface area (Å²) < 4.78 is 5.14. The minimum atomic E-state index is -0.328. The van der Waals surface area contributed by atoms with Crippen molar-refractivity contribution in [2.24, 2.45) is 0 Å². The summed E-state index contributed by atoms with van der Waals surface area (Å²) in [4.78, 5) is 17.9. The summed E-state index contributed by atoms with van der Waals surface area (Å²) >= 11 is 7.42. The van der Waals surface area contributed by atoms with E-state index in [1.54, 1.807) is 12.1 Å². The molecule has 2 heterocycles. The van der Waals surface area contributed by atoms with E-state index in [0.29, 0.717) is 10.2 Å². The minimum Gasteiger partial charge on any atom is -0.459 e. The van der Waals surface area contributed by atoms with Gasteiger partial charge in [0.15, 0.2) is 10.9 Å². The predicted octanol–water partition coefficient (Wildman–Crippen LogP) is 5.98. The number of aromatic nitrogens is 1. The van der Waals surface area contributed by atoms with E-state index in [1.165, 1.54) is 17.6 Å². The van der Waals surface area contributed by atoms with Crippen LogP contribution in [0.3, 0.4) is 0 Å². The highest BCUT2D eigenvalue weighted by atomic mass is 35.5. The normalized spacial score (nSPS) is 10.7. The van der Waals surface area contributed by atoms with Crippen molar-refractivity contribution in [2.75, 3.05) is 5.32 Å². The molecule has 2 aromatic heterocycles. The van der Waals surface area contributed by atoms with E-state index in [1.807, 2.05) is 54.6 Å². The number of anilines is 1. The molecule has 0 radical (unpaired) electrons. The molecule has 0 aliphatic rings. The van der Waals surface area contributed by atoms with Crippen LogP contribution in [0.4, 0.5) is 5.13 Å². The highest BCUT2D eigenvalue weighted by Crippen LogP contribution is 2.39. The van der Waals surface area contributed by atoms with Gasteiger partial charge in [-0.2, -0.15) is 0 Å². The molecule has 4 aromatic rings. The van der Waals surface area contributed by atoms with Crippen LogP contribution in [0.1, 0.15) is 10.6 Å². The number of furan rings is 1. The molecule has 1 N–H and O–H groups in total. The maximum Gasteiger partial charge on any atom is 0.293 e. The molecular formula is C20H13ClN2O2S. The third-order valence-electron chi connectivity index (χ3n) is 3.75. The molecule has 4 rings (SSSR count). The smallest absolute Gasteiger partial charge is 0.293 e. The van der Waals surface area contributed by atoms with Crippen molar-refractivity contribution < 1.29 is 9.21 Å². The predicted molar refractivity (Wildman–Crippen MR) is 105 cm³/mol. The van der Waals surface area contributed by atoms with Crippen LogP contribution in [-0.2, 0) is 0 Å². The lowest BCUT2D eigenvalue weighted by Gasteiger charge is -2.02. The molecule has 4 nitrogen and oxygen atoms in total. The summed E-state index contributed by atoms with van der Waals surface area (Å²) in [5.41, 5.74) is 2.78. The summed E-state index contributed by atoms with van der Waals surface area (Å²) in [6.45, 7) is 0. The number of halogens is 1. The maximum absolute atomic E-state index is 12.3. The number of thiazole rings is 1.